The molecule has 3 rings (SSSR count). The van der Waals surface area contributed by atoms with Crippen molar-refractivity contribution in [2.45, 2.75) is 38.7 Å². The van der Waals surface area contributed by atoms with Crippen molar-refractivity contribution >= 4 is 22.8 Å². The first-order valence-electron chi connectivity index (χ1n) is 9.39. The number of aliphatic hydroxyl groups excluding tert-OH is 1. The van der Waals surface area contributed by atoms with Crippen LogP contribution < -0.4 is 0 Å². The maximum Gasteiger partial charge on any atom is 0.349 e. The summed E-state index contributed by atoms with van der Waals surface area (Å²) in [7, 11) is 0. The molecule has 0 spiro atoms. The van der Waals surface area contributed by atoms with E-state index < -0.39 is 11.6 Å². The molecule has 1 aliphatic rings. The van der Waals surface area contributed by atoms with Gasteiger partial charge in [0.05, 0.1) is 6.42 Å². The summed E-state index contributed by atoms with van der Waals surface area (Å²) < 4.78 is 5.90. The quantitative estimate of drug-likeness (QED) is 0.643. The van der Waals surface area contributed by atoms with Crippen molar-refractivity contribution < 1.29 is 19.4 Å². The van der Waals surface area contributed by atoms with Crippen LogP contribution in [0.25, 0.3) is 0 Å². The number of rotatable bonds is 6. The van der Waals surface area contributed by atoms with Crippen LogP contribution in [0.5, 0.6) is 0 Å². The maximum absolute atomic E-state index is 12.8. The van der Waals surface area contributed by atoms with Crippen molar-refractivity contribution in [1.82, 2.24) is 0 Å². The number of benzene rings is 2. The molecule has 1 aliphatic heterocycles. The van der Waals surface area contributed by atoms with E-state index in [-0.39, 0.29) is 22.2 Å². The smallest absolute Gasteiger partial charge is 0.349 e. The Morgan fingerprint density at radius 3 is 2.29 bits per heavy atom. The fraction of sp³-hybridized carbons (Fsp3) is 0.304. The lowest BCUT2D eigenvalue weighted by Gasteiger charge is -2.37. The molecular formula is C23H24O4S. The highest BCUT2D eigenvalue weighted by molar-refractivity contribution is 8.18. The number of ether oxygens (including phenoxy) is 1. The van der Waals surface area contributed by atoms with Crippen molar-refractivity contribution in [3.63, 3.8) is 0 Å². The third-order valence-electron chi connectivity index (χ3n) is 4.82. The predicted molar refractivity (Wildman–Crippen MR) is 111 cm³/mol. The topological polar surface area (TPSA) is 63.6 Å². The summed E-state index contributed by atoms with van der Waals surface area (Å²) in [5, 5.41) is 10.4. The molecule has 0 fully saturated rings. The van der Waals surface area contributed by atoms with Gasteiger partial charge in [-0.1, -0.05) is 74.5 Å². The van der Waals surface area contributed by atoms with Crippen LogP contribution in [-0.2, 0) is 15.1 Å². The Morgan fingerprint density at radius 2 is 1.71 bits per heavy atom. The average Bonchev–Trinajstić information content (AvgIpc) is 2.70. The molecule has 1 heterocycles. The number of cyclic esters (lactones) is 1. The highest BCUT2D eigenvalue weighted by atomic mass is 32.2. The summed E-state index contributed by atoms with van der Waals surface area (Å²) in [5.74, 6) is -0.301. The van der Waals surface area contributed by atoms with Gasteiger partial charge in [0.2, 0.25) is 5.12 Å². The van der Waals surface area contributed by atoms with Crippen LogP contribution in [0.15, 0.2) is 71.3 Å². The second kappa shape index (κ2) is 8.65. The van der Waals surface area contributed by atoms with Gasteiger partial charge < -0.3 is 9.84 Å². The molecule has 1 N–H and O–H groups in total. The summed E-state index contributed by atoms with van der Waals surface area (Å²) >= 11 is 0.726. The Bertz CT molecular complexity index is 874. The normalized spacial score (nSPS) is 19.6. The lowest BCUT2D eigenvalue weighted by molar-refractivity contribution is -0.160. The minimum atomic E-state index is -0.910. The van der Waals surface area contributed by atoms with Crippen LogP contribution >= 0.6 is 11.8 Å². The molecule has 1 atom stereocenters. The van der Waals surface area contributed by atoms with E-state index in [1.807, 2.05) is 36.4 Å². The van der Waals surface area contributed by atoms with Crippen LogP contribution in [-0.4, -0.2) is 16.2 Å². The van der Waals surface area contributed by atoms with Crippen LogP contribution in [0.2, 0.25) is 0 Å². The van der Waals surface area contributed by atoms with Gasteiger partial charge in [-0.05, 0) is 36.1 Å². The SMILES string of the molecule is CC(C)CCC1(c2ccccc2)CC(O)=C(SC(=O)c2ccccc2)C(=O)O1. The Morgan fingerprint density at radius 1 is 1.11 bits per heavy atom. The van der Waals surface area contributed by atoms with E-state index in [9.17, 15) is 14.7 Å². The maximum atomic E-state index is 12.8. The summed E-state index contributed by atoms with van der Waals surface area (Å²) in [6, 6.07) is 18.2. The zero-order valence-corrected chi connectivity index (χ0v) is 16.9. The van der Waals surface area contributed by atoms with Gasteiger partial charge in [0, 0.05) is 5.56 Å². The Kier molecular flexibility index (Phi) is 6.25. The third-order valence-corrected chi connectivity index (χ3v) is 5.85. The molecule has 0 aliphatic carbocycles. The van der Waals surface area contributed by atoms with Crippen LogP contribution in [0.1, 0.15) is 49.0 Å². The monoisotopic (exact) mass is 396 g/mol. The average molecular weight is 397 g/mol. The van der Waals surface area contributed by atoms with Gasteiger partial charge in [-0.25, -0.2) is 4.79 Å². The molecule has 146 valence electrons. The van der Waals surface area contributed by atoms with Crippen molar-refractivity contribution in [2.24, 2.45) is 5.92 Å². The first-order chi connectivity index (χ1) is 13.4. The van der Waals surface area contributed by atoms with Crippen molar-refractivity contribution in [1.29, 1.82) is 0 Å². The van der Waals surface area contributed by atoms with Gasteiger partial charge in [-0.15, -0.1) is 0 Å². The molecule has 4 nitrogen and oxygen atoms in total. The van der Waals surface area contributed by atoms with E-state index in [1.165, 1.54) is 0 Å². The zero-order valence-electron chi connectivity index (χ0n) is 16.1. The number of carbonyl (C=O) groups is 2. The molecule has 1 unspecified atom stereocenters. The Labute approximate surface area is 169 Å². The number of hydrogen-bond donors (Lipinski definition) is 1. The molecule has 0 saturated carbocycles. The molecular weight excluding hydrogens is 372 g/mol. The minimum absolute atomic E-state index is 0.0232. The number of thioether (sulfide) groups is 1. The van der Waals surface area contributed by atoms with Crippen molar-refractivity contribution in [3.05, 3.63) is 82.5 Å². The van der Waals surface area contributed by atoms with E-state index in [0.29, 0.717) is 17.9 Å². The van der Waals surface area contributed by atoms with E-state index >= 15 is 0 Å². The number of carbonyl (C=O) groups excluding carboxylic acids is 2. The Hall–Kier alpha value is -2.53. The van der Waals surface area contributed by atoms with Gasteiger partial charge in [-0.2, -0.15) is 0 Å². The summed E-state index contributed by atoms with van der Waals surface area (Å²) in [4.78, 5) is 25.2. The number of hydrogen-bond acceptors (Lipinski definition) is 5. The van der Waals surface area contributed by atoms with E-state index in [0.717, 1.165) is 23.7 Å². The van der Waals surface area contributed by atoms with Crippen LogP contribution in [0.4, 0.5) is 0 Å². The fourth-order valence-electron chi connectivity index (χ4n) is 3.26. The Balaban J connectivity index is 1.89. The highest BCUT2D eigenvalue weighted by Gasteiger charge is 2.44. The van der Waals surface area contributed by atoms with Crippen LogP contribution in [0, 0.1) is 5.92 Å². The number of aliphatic hydroxyl groups is 1. The molecule has 0 radical (unpaired) electrons. The van der Waals surface area contributed by atoms with Crippen molar-refractivity contribution in [3.8, 4) is 0 Å². The lowest BCUT2D eigenvalue weighted by Crippen LogP contribution is -2.38. The molecule has 0 amide bonds. The molecule has 0 bridgehead atoms. The number of esters is 1. The van der Waals surface area contributed by atoms with Gasteiger partial charge in [0.25, 0.3) is 0 Å². The van der Waals surface area contributed by atoms with E-state index in [1.54, 1.807) is 24.3 Å². The summed E-state index contributed by atoms with van der Waals surface area (Å²) in [6.07, 6.45) is 1.62. The van der Waals surface area contributed by atoms with Gasteiger partial charge >= 0.3 is 5.97 Å². The lowest BCUT2D eigenvalue weighted by atomic mass is 9.82. The van der Waals surface area contributed by atoms with Crippen LogP contribution in [0.3, 0.4) is 0 Å². The van der Waals surface area contributed by atoms with Gasteiger partial charge in [0.1, 0.15) is 16.3 Å². The van der Waals surface area contributed by atoms with Crippen molar-refractivity contribution in [2.75, 3.05) is 0 Å². The molecule has 2 aromatic carbocycles. The summed E-state index contributed by atoms with van der Waals surface area (Å²) in [5.41, 5.74) is 0.418. The molecule has 5 heteroatoms. The molecule has 0 saturated heterocycles. The first-order valence-corrected chi connectivity index (χ1v) is 10.2. The first kappa shape index (κ1) is 20.2. The highest BCUT2D eigenvalue weighted by Crippen LogP contribution is 2.44. The fourth-order valence-corrected chi connectivity index (χ4v) is 4.02. The third kappa shape index (κ3) is 4.47. The van der Waals surface area contributed by atoms with E-state index in [2.05, 4.69) is 13.8 Å². The predicted octanol–water partition coefficient (Wildman–Crippen LogP) is 5.61. The molecule has 2 aromatic rings. The zero-order chi connectivity index (χ0) is 20.1. The summed E-state index contributed by atoms with van der Waals surface area (Å²) in [6.45, 7) is 4.22. The van der Waals surface area contributed by atoms with E-state index in [4.69, 9.17) is 4.74 Å². The standard InChI is InChI=1S/C23H24O4S/c1-16(2)13-14-23(18-11-7-4-8-12-18)15-19(24)20(21(25)27-23)28-22(26)17-9-5-3-6-10-17/h3-12,16,24H,13-15H2,1-2H3. The molecule has 28 heavy (non-hydrogen) atoms. The van der Waals surface area contributed by atoms with Gasteiger partial charge in [-0.3, -0.25) is 4.79 Å². The second-order valence-electron chi connectivity index (χ2n) is 7.39. The largest absolute Gasteiger partial charge is 0.511 e. The van der Waals surface area contributed by atoms with Gasteiger partial charge in [0.15, 0.2) is 0 Å². The minimum Gasteiger partial charge on any atom is -0.511 e. The molecule has 0 aromatic heterocycles. The second-order valence-corrected chi connectivity index (χ2v) is 8.37.